The van der Waals surface area contributed by atoms with Crippen LogP contribution in [0.15, 0.2) is 46.2 Å². The van der Waals surface area contributed by atoms with Crippen LogP contribution >= 0.6 is 21.6 Å². The maximum absolute atomic E-state index is 5.73. The lowest BCUT2D eigenvalue weighted by Gasteiger charge is -2.28. The molecule has 0 aliphatic carbocycles. The van der Waals surface area contributed by atoms with Crippen molar-refractivity contribution in [2.75, 3.05) is 42.7 Å². The average molecular weight is 487 g/mol. The van der Waals surface area contributed by atoms with Crippen LogP contribution in [-0.2, 0) is 26.6 Å². The number of hydrogen-bond donors (Lipinski definition) is 0. The van der Waals surface area contributed by atoms with Crippen LogP contribution < -0.4 is 10.4 Å². The molecule has 30 heavy (non-hydrogen) atoms. The molecule has 2 aromatic carbocycles. The first-order valence-electron chi connectivity index (χ1n) is 9.23. The largest absolute Gasteiger partial charge is 0.537 e. The van der Waals surface area contributed by atoms with Gasteiger partial charge in [-0.05, 0) is 26.0 Å². The van der Waals surface area contributed by atoms with Crippen LogP contribution in [0.5, 0.6) is 0 Å². The first-order valence-corrected chi connectivity index (χ1v) is 14.8. The Kier molecular flexibility index (Phi) is 9.62. The molecule has 0 aliphatic heterocycles. The summed E-state index contributed by atoms with van der Waals surface area (Å²) < 4.78 is 34.4. The Bertz CT molecular complexity index is 758. The normalized spacial score (nSPS) is 12.4. The average Bonchev–Trinajstić information content (AvgIpc) is 2.77. The lowest BCUT2D eigenvalue weighted by atomic mass is 10.2. The van der Waals surface area contributed by atoms with Gasteiger partial charge in [-0.1, -0.05) is 57.0 Å². The summed E-state index contributed by atoms with van der Waals surface area (Å²) in [5, 5.41) is 1.88. The molecule has 2 aromatic rings. The van der Waals surface area contributed by atoms with Crippen LogP contribution in [0.3, 0.4) is 0 Å². The van der Waals surface area contributed by atoms with E-state index < -0.39 is 17.6 Å². The summed E-state index contributed by atoms with van der Waals surface area (Å²) in [7, 11) is 6.99. The highest BCUT2D eigenvalue weighted by Gasteiger charge is 2.44. The molecule has 0 bridgehead atoms. The van der Waals surface area contributed by atoms with Crippen molar-refractivity contribution in [3.8, 4) is 0 Å². The van der Waals surface area contributed by atoms with Gasteiger partial charge in [-0.3, -0.25) is 0 Å². The van der Waals surface area contributed by atoms with Gasteiger partial charge < -0.3 is 26.6 Å². The fourth-order valence-corrected chi connectivity index (χ4v) is 10.7. The predicted molar refractivity (Wildman–Crippen MR) is 127 cm³/mol. The molecule has 0 amide bonds. The Labute approximate surface area is 189 Å². The van der Waals surface area contributed by atoms with Crippen LogP contribution in [0.25, 0.3) is 0 Å². The quantitative estimate of drug-likeness (QED) is 0.354. The molecule has 166 valence electrons. The van der Waals surface area contributed by atoms with Gasteiger partial charge in [-0.25, -0.2) is 0 Å². The van der Waals surface area contributed by atoms with Gasteiger partial charge in [0.2, 0.25) is 0 Å². The molecule has 2 rings (SSSR count). The van der Waals surface area contributed by atoms with E-state index >= 15 is 0 Å². The van der Waals surface area contributed by atoms with Gasteiger partial charge in [-0.2, -0.15) is 0 Å². The zero-order valence-corrected chi connectivity index (χ0v) is 22.4. The van der Waals surface area contributed by atoms with Gasteiger partial charge in [0.15, 0.2) is 0 Å². The van der Waals surface area contributed by atoms with E-state index in [4.69, 9.17) is 26.6 Å². The Morgan fingerprint density at radius 1 is 0.533 bits per heavy atom. The minimum Gasteiger partial charge on any atom is -0.373 e. The molecule has 0 fully saturated rings. The van der Waals surface area contributed by atoms with E-state index in [0.717, 1.165) is 31.3 Å². The molecule has 0 atom stereocenters. The Hall–Kier alpha value is -0.666. The van der Waals surface area contributed by atoms with Crippen molar-refractivity contribution in [2.45, 2.75) is 23.6 Å². The number of aryl methyl sites for hydroxylation is 2. The molecular formula is C20H30O6S2Si2. The second-order valence-corrected chi connectivity index (χ2v) is 14.5. The standard InChI is InChI=1S/C20H30O6S2Si2/c1-15-9-11-17(19(13-15)29(21-3,22-4)23-5)27-28-18-12-10-16(2)14-20(18)30(24-6,25-7)26-8/h9-14H,1-8H3. The van der Waals surface area contributed by atoms with Gasteiger partial charge in [-0.15, -0.1) is 0 Å². The van der Waals surface area contributed by atoms with Crippen LogP contribution in [0.4, 0.5) is 0 Å². The van der Waals surface area contributed by atoms with E-state index in [1.807, 2.05) is 13.8 Å². The number of benzene rings is 2. The van der Waals surface area contributed by atoms with E-state index in [2.05, 4.69) is 36.4 Å². The molecule has 0 saturated carbocycles. The van der Waals surface area contributed by atoms with Crippen LogP contribution in [0.2, 0.25) is 0 Å². The van der Waals surface area contributed by atoms with Crippen molar-refractivity contribution in [1.82, 2.24) is 0 Å². The van der Waals surface area contributed by atoms with E-state index in [0.29, 0.717) is 0 Å². The molecular weight excluding hydrogens is 457 g/mol. The molecule has 0 aromatic heterocycles. The Balaban J connectivity index is 2.47. The van der Waals surface area contributed by atoms with E-state index in [9.17, 15) is 0 Å². The maximum atomic E-state index is 5.73. The molecule has 0 spiro atoms. The number of rotatable bonds is 11. The molecule has 0 saturated heterocycles. The molecule has 0 N–H and O–H groups in total. The third kappa shape index (κ3) is 5.21. The van der Waals surface area contributed by atoms with Crippen LogP contribution in [0.1, 0.15) is 11.1 Å². The second kappa shape index (κ2) is 11.3. The van der Waals surface area contributed by atoms with Gasteiger partial charge in [0.25, 0.3) is 0 Å². The van der Waals surface area contributed by atoms with Gasteiger partial charge >= 0.3 is 17.6 Å². The Morgan fingerprint density at radius 2 is 0.833 bits per heavy atom. The summed E-state index contributed by atoms with van der Waals surface area (Å²) in [5.74, 6) is 0. The SMILES string of the molecule is CO[Si](OC)(OC)c1cc(C)ccc1SSc1ccc(C)cc1[Si](OC)(OC)OC. The minimum absolute atomic E-state index is 0.940. The fourth-order valence-electron chi connectivity index (χ4n) is 3.16. The summed E-state index contributed by atoms with van der Waals surface area (Å²) in [6, 6.07) is 12.4. The third-order valence-electron chi connectivity index (χ3n) is 4.76. The topological polar surface area (TPSA) is 55.4 Å². The molecule has 0 radical (unpaired) electrons. The van der Waals surface area contributed by atoms with Gasteiger partial charge in [0.05, 0.1) is 0 Å². The van der Waals surface area contributed by atoms with Gasteiger partial charge in [0.1, 0.15) is 0 Å². The molecule has 0 unspecified atom stereocenters. The zero-order chi connectivity index (χ0) is 22.4. The summed E-state index contributed by atoms with van der Waals surface area (Å²) >= 11 is 0. The van der Waals surface area contributed by atoms with E-state index in [-0.39, 0.29) is 0 Å². The van der Waals surface area contributed by atoms with Crippen molar-refractivity contribution >= 4 is 49.6 Å². The highest BCUT2D eigenvalue weighted by molar-refractivity contribution is 8.76. The first-order chi connectivity index (χ1) is 14.3. The van der Waals surface area contributed by atoms with Crippen molar-refractivity contribution in [2.24, 2.45) is 0 Å². The molecule has 0 heterocycles. The highest BCUT2D eigenvalue weighted by atomic mass is 33.1. The minimum atomic E-state index is -2.99. The smallest absolute Gasteiger partial charge is 0.373 e. The lowest BCUT2D eigenvalue weighted by molar-refractivity contribution is 0.139. The lowest BCUT2D eigenvalue weighted by Crippen LogP contribution is -2.55. The summed E-state index contributed by atoms with van der Waals surface area (Å²) in [4.78, 5) is 2.04. The maximum Gasteiger partial charge on any atom is 0.537 e. The van der Waals surface area contributed by atoms with Crippen molar-refractivity contribution in [3.05, 3.63) is 47.5 Å². The van der Waals surface area contributed by atoms with Crippen LogP contribution in [0, 0.1) is 13.8 Å². The van der Waals surface area contributed by atoms with Crippen molar-refractivity contribution in [1.29, 1.82) is 0 Å². The first kappa shape index (κ1) is 25.6. The Morgan fingerprint density at radius 3 is 1.10 bits per heavy atom. The number of hydrogen-bond acceptors (Lipinski definition) is 8. The van der Waals surface area contributed by atoms with Gasteiger partial charge in [0, 0.05) is 62.8 Å². The van der Waals surface area contributed by atoms with E-state index in [1.165, 1.54) is 0 Å². The summed E-state index contributed by atoms with van der Waals surface area (Å²) in [6.07, 6.45) is 0. The molecule has 6 nitrogen and oxygen atoms in total. The van der Waals surface area contributed by atoms with Crippen molar-refractivity contribution < 1.29 is 26.6 Å². The zero-order valence-electron chi connectivity index (χ0n) is 18.7. The summed E-state index contributed by atoms with van der Waals surface area (Å²) in [5.41, 5.74) is 2.23. The van der Waals surface area contributed by atoms with Crippen molar-refractivity contribution in [3.63, 3.8) is 0 Å². The van der Waals surface area contributed by atoms with E-state index in [1.54, 1.807) is 64.2 Å². The predicted octanol–water partition coefficient (Wildman–Crippen LogP) is 3.27. The highest BCUT2D eigenvalue weighted by Crippen LogP contribution is 2.38. The van der Waals surface area contributed by atoms with Crippen LogP contribution in [-0.4, -0.2) is 60.3 Å². The summed E-state index contributed by atoms with van der Waals surface area (Å²) in [6.45, 7) is 4.08. The molecule has 0 aliphatic rings. The fraction of sp³-hybridized carbons (Fsp3) is 0.400. The monoisotopic (exact) mass is 486 g/mol. The second-order valence-electron chi connectivity index (χ2n) is 6.50. The molecule has 10 heteroatoms. The third-order valence-corrected chi connectivity index (χ3v) is 13.0.